The summed E-state index contributed by atoms with van der Waals surface area (Å²) in [5.41, 5.74) is 9.72. The van der Waals surface area contributed by atoms with E-state index in [1.807, 2.05) is 0 Å². The molecule has 0 saturated heterocycles. The van der Waals surface area contributed by atoms with E-state index in [9.17, 15) is 0 Å². The van der Waals surface area contributed by atoms with Crippen molar-refractivity contribution in [1.82, 2.24) is 0 Å². The number of hydrogen-bond donors (Lipinski definition) is 0. The van der Waals surface area contributed by atoms with Crippen LogP contribution in [-0.4, -0.2) is 0 Å². The molecule has 0 bridgehead atoms. The lowest BCUT2D eigenvalue weighted by atomic mass is 9.92. The summed E-state index contributed by atoms with van der Waals surface area (Å²) in [6.07, 6.45) is 0. The fraction of sp³-hybridized carbons (Fsp3) is 0. The first-order chi connectivity index (χ1) is 26.8. The van der Waals surface area contributed by atoms with Crippen molar-refractivity contribution in [2.75, 3.05) is 4.90 Å². The molecular weight excluding hydrogens is 655 g/mol. The summed E-state index contributed by atoms with van der Waals surface area (Å²) in [6.45, 7) is 0. The first kappa shape index (κ1) is 30.5. The maximum atomic E-state index is 6.63. The van der Waals surface area contributed by atoms with Crippen LogP contribution in [0.4, 0.5) is 17.1 Å². The summed E-state index contributed by atoms with van der Waals surface area (Å²) in [5.74, 6) is 0. The Balaban J connectivity index is 1.17. The van der Waals surface area contributed by atoms with Gasteiger partial charge in [0.05, 0.1) is 16.8 Å². The third-order valence-electron chi connectivity index (χ3n) is 11.0. The zero-order valence-electron chi connectivity index (χ0n) is 29.4. The van der Waals surface area contributed by atoms with Crippen molar-refractivity contribution in [2.45, 2.75) is 0 Å². The van der Waals surface area contributed by atoms with Crippen LogP contribution in [0.5, 0.6) is 0 Å². The van der Waals surface area contributed by atoms with Gasteiger partial charge in [-0.25, -0.2) is 0 Å². The molecule has 0 amide bonds. The van der Waals surface area contributed by atoms with E-state index >= 15 is 0 Å². The Bertz CT molecular complexity index is 3230. The second-order valence-corrected chi connectivity index (χ2v) is 14.1. The first-order valence-electron chi connectivity index (χ1n) is 18.5. The molecule has 0 saturated carbocycles. The van der Waals surface area contributed by atoms with E-state index in [1.165, 1.54) is 59.8 Å². The number of nitrogens with zero attached hydrogens (tertiary/aromatic N) is 1. The number of anilines is 3. The van der Waals surface area contributed by atoms with Gasteiger partial charge in [-0.1, -0.05) is 146 Å². The maximum absolute atomic E-state index is 6.63. The number of benzene rings is 10. The van der Waals surface area contributed by atoms with Gasteiger partial charge in [0.15, 0.2) is 0 Å². The number of fused-ring (bicyclic) bond motifs is 8. The standard InChI is InChI=1S/C52H33NO/c1-2-13-36-30-39(25-24-34(36)12-1)35-26-28-41(29-27-35)53(49-22-11-23-50-52(49)47-31-37-14-3-4-15-38(37)33-51(47)54-50)48-21-10-9-20-45(48)46-32-40-16-5-6-17-42(40)43-18-7-8-19-44(43)46/h1-33H. The van der Waals surface area contributed by atoms with Crippen LogP contribution in [0.15, 0.2) is 205 Å². The van der Waals surface area contributed by atoms with Crippen LogP contribution in [0.2, 0.25) is 0 Å². The number of rotatable bonds is 5. The highest BCUT2D eigenvalue weighted by Gasteiger charge is 2.23. The molecule has 252 valence electrons. The highest BCUT2D eigenvalue weighted by molar-refractivity contribution is 6.18. The molecule has 0 unspecified atom stereocenters. The Morgan fingerprint density at radius 1 is 0.315 bits per heavy atom. The summed E-state index contributed by atoms with van der Waals surface area (Å²) in [6, 6.07) is 72.4. The topological polar surface area (TPSA) is 16.4 Å². The molecule has 0 aliphatic rings. The Morgan fingerprint density at radius 3 is 1.74 bits per heavy atom. The number of para-hydroxylation sites is 1. The van der Waals surface area contributed by atoms with Gasteiger partial charge < -0.3 is 9.32 Å². The zero-order chi connectivity index (χ0) is 35.6. The lowest BCUT2D eigenvalue weighted by Gasteiger charge is -2.29. The zero-order valence-corrected chi connectivity index (χ0v) is 29.4. The SMILES string of the molecule is c1ccc(N(c2ccc(-c3ccc4ccccc4c3)cc2)c2cccc3oc4cc5ccccc5cc4c23)c(-c2cc3ccccc3c3ccccc23)c1. The van der Waals surface area contributed by atoms with Crippen LogP contribution in [0.1, 0.15) is 0 Å². The average Bonchev–Trinajstić information content (AvgIpc) is 3.61. The minimum Gasteiger partial charge on any atom is -0.456 e. The van der Waals surface area contributed by atoms with Gasteiger partial charge in [0.1, 0.15) is 11.2 Å². The van der Waals surface area contributed by atoms with Crippen LogP contribution < -0.4 is 4.90 Å². The first-order valence-corrected chi connectivity index (χ1v) is 18.5. The van der Waals surface area contributed by atoms with Crippen molar-refractivity contribution in [3.05, 3.63) is 200 Å². The van der Waals surface area contributed by atoms with Gasteiger partial charge in [-0.3, -0.25) is 0 Å². The fourth-order valence-electron chi connectivity index (χ4n) is 8.43. The van der Waals surface area contributed by atoms with Gasteiger partial charge >= 0.3 is 0 Å². The molecule has 2 heteroatoms. The summed E-state index contributed by atoms with van der Waals surface area (Å²) in [5, 5.41) is 12.0. The second-order valence-electron chi connectivity index (χ2n) is 14.1. The van der Waals surface area contributed by atoms with E-state index in [0.29, 0.717) is 0 Å². The Labute approximate surface area is 312 Å². The summed E-state index contributed by atoms with van der Waals surface area (Å²) in [4.78, 5) is 2.43. The molecule has 11 aromatic rings. The van der Waals surface area contributed by atoms with Crippen molar-refractivity contribution in [3.8, 4) is 22.3 Å². The quantitative estimate of drug-likeness (QED) is 0.168. The van der Waals surface area contributed by atoms with Crippen molar-refractivity contribution in [1.29, 1.82) is 0 Å². The average molecular weight is 688 g/mol. The molecule has 0 N–H and O–H groups in total. The minimum atomic E-state index is 0.865. The lowest BCUT2D eigenvalue weighted by molar-refractivity contribution is 0.669. The van der Waals surface area contributed by atoms with E-state index in [1.54, 1.807) is 0 Å². The Morgan fingerprint density at radius 2 is 0.926 bits per heavy atom. The molecule has 0 atom stereocenters. The normalized spacial score (nSPS) is 11.7. The molecular formula is C52H33NO. The molecule has 54 heavy (non-hydrogen) atoms. The van der Waals surface area contributed by atoms with Gasteiger partial charge in [0.25, 0.3) is 0 Å². The molecule has 1 aromatic heterocycles. The van der Waals surface area contributed by atoms with E-state index in [2.05, 4.69) is 205 Å². The van der Waals surface area contributed by atoms with E-state index < -0.39 is 0 Å². The molecule has 2 nitrogen and oxygen atoms in total. The van der Waals surface area contributed by atoms with Gasteiger partial charge in [-0.2, -0.15) is 0 Å². The van der Waals surface area contributed by atoms with E-state index in [0.717, 1.165) is 44.6 Å². The number of furan rings is 1. The van der Waals surface area contributed by atoms with Crippen molar-refractivity contribution >= 4 is 82.1 Å². The van der Waals surface area contributed by atoms with Crippen LogP contribution >= 0.6 is 0 Å². The molecule has 0 fully saturated rings. The largest absolute Gasteiger partial charge is 0.456 e. The third-order valence-corrected chi connectivity index (χ3v) is 11.0. The molecule has 11 rings (SSSR count). The highest BCUT2D eigenvalue weighted by Crippen LogP contribution is 2.48. The molecule has 0 aliphatic heterocycles. The lowest BCUT2D eigenvalue weighted by Crippen LogP contribution is -2.11. The summed E-state index contributed by atoms with van der Waals surface area (Å²) in [7, 11) is 0. The second kappa shape index (κ2) is 12.2. The molecule has 10 aromatic carbocycles. The molecule has 0 aliphatic carbocycles. The van der Waals surface area contributed by atoms with Crippen molar-refractivity contribution in [3.63, 3.8) is 0 Å². The van der Waals surface area contributed by atoms with Crippen molar-refractivity contribution < 1.29 is 4.42 Å². The van der Waals surface area contributed by atoms with Gasteiger partial charge in [0.2, 0.25) is 0 Å². The summed E-state index contributed by atoms with van der Waals surface area (Å²) < 4.78 is 6.63. The van der Waals surface area contributed by atoms with E-state index in [4.69, 9.17) is 4.42 Å². The monoisotopic (exact) mass is 687 g/mol. The predicted octanol–water partition coefficient (Wildman–Crippen LogP) is 15.0. The Kier molecular flexibility index (Phi) is 6.90. The molecule has 1 heterocycles. The van der Waals surface area contributed by atoms with Crippen LogP contribution in [-0.2, 0) is 0 Å². The summed E-state index contributed by atoms with van der Waals surface area (Å²) >= 11 is 0. The van der Waals surface area contributed by atoms with Crippen LogP contribution in [0.25, 0.3) is 87.3 Å². The van der Waals surface area contributed by atoms with Crippen LogP contribution in [0.3, 0.4) is 0 Å². The number of hydrogen-bond acceptors (Lipinski definition) is 2. The molecule has 0 spiro atoms. The van der Waals surface area contributed by atoms with Gasteiger partial charge in [-0.15, -0.1) is 0 Å². The predicted molar refractivity (Wildman–Crippen MR) is 229 cm³/mol. The molecule has 0 radical (unpaired) electrons. The van der Waals surface area contributed by atoms with Gasteiger partial charge in [0, 0.05) is 16.6 Å². The van der Waals surface area contributed by atoms with Crippen molar-refractivity contribution in [2.24, 2.45) is 0 Å². The maximum Gasteiger partial charge on any atom is 0.137 e. The fourth-order valence-corrected chi connectivity index (χ4v) is 8.43. The van der Waals surface area contributed by atoms with Crippen LogP contribution in [0, 0.1) is 0 Å². The van der Waals surface area contributed by atoms with Gasteiger partial charge in [-0.05, 0) is 114 Å². The minimum absolute atomic E-state index is 0.865. The smallest absolute Gasteiger partial charge is 0.137 e. The highest BCUT2D eigenvalue weighted by atomic mass is 16.3. The Hall–Kier alpha value is -7.16. The third kappa shape index (κ3) is 4.88. The van der Waals surface area contributed by atoms with E-state index in [-0.39, 0.29) is 0 Å².